The molecule has 3 aromatic rings. The van der Waals surface area contributed by atoms with Crippen molar-refractivity contribution in [3.63, 3.8) is 0 Å². The number of nitrogens with zero attached hydrogens (tertiary/aromatic N) is 2. The van der Waals surface area contributed by atoms with Gasteiger partial charge in [0.25, 0.3) is 5.56 Å². The number of amides is 1. The van der Waals surface area contributed by atoms with Crippen LogP contribution in [0.15, 0.2) is 53.3 Å². The number of aryl methyl sites for hydroxylation is 1. The highest BCUT2D eigenvalue weighted by atomic mass is 16.5. The quantitative estimate of drug-likeness (QED) is 0.755. The van der Waals surface area contributed by atoms with Gasteiger partial charge in [0.2, 0.25) is 5.91 Å². The molecule has 0 aliphatic heterocycles. The van der Waals surface area contributed by atoms with E-state index in [0.29, 0.717) is 17.0 Å². The second-order valence-corrected chi connectivity index (χ2v) is 6.29. The van der Waals surface area contributed by atoms with E-state index >= 15 is 0 Å². The number of pyridine rings is 1. The molecule has 0 aliphatic carbocycles. The molecule has 1 N–H and O–H groups in total. The lowest BCUT2D eigenvalue weighted by Gasteiger charge is -2.20. The van der Waals surface area contributed by atoms with Gasteiger partial charge in [-0.05, 0) is 24.3 Å². The van der Waals surface area contributed by atoms with E-state index in [1.54, 1.807) is 37.7 Å². The van der Waals surface area contributed by atoms with E-state index in [1.165, 1.54) is 0 Å². The van der Waals surface area contributed by atoms with E-state index in [-0.39, 0.29) is 17.9 Å². The van der Waals surface area contributed by atoms with E-state index in [1.807, 2.05) is 48.5 Å². The summed E-state index contributed by atoms with van der Waals surface area (Å²) in [6.07, 6.45) is -0.0117. The lowest BCUT2D eigenvalue weighted by Crippen LogP contribution is -2.32. The van der Waals surface area contributed by atoms with Crippen LogP contribution in [0.5, 0.6) is 5.75 Å². The Morgan fingerprint density at radius 3 is 2.48 bits per heavy atom. The van der Waals surface area contributed by atoms with Gasteiger partial charge in [0.05, 0.1) is 35.7 Å². The Morgan fingerprint density at radius 2 is 1.85 bits per heavy atom. The smallest absolute Gasteiger partial charge is 0.256 e. The maximum absolute atomic E-state index is 13.0. The van der Waals surface area contributed by atoms with Crippen molar-refractivity contribution >= 4 is 28.2 Å². The minimum atomic E-state index is -0.199. The van der Waals surface area contributed by atoms with Crippen LogP contribution in [0.4, 0.5) is 11.4 Å². The Bertz CT molecular complexity index is 1040. The Balaban J connectivity index is 2.13. The number of anilines is 2. The number of benzene rings is 2. The molecule has 0 saturated heterocycles. The number of hydrogen-bond donors (Lipinski definition) is 1. The number of hydrogen-bond acceptors (Lipinski definition) is 4. The van der Waals surface area contributed by atoms with Gasteiger partial charge < -0.3 is 19.5 Å². The van der Waals surface area contributed by atoms with E-state index in [4.69, 9.17) is 4.74 Å². The molecule has 3 rings (SSSR count). The number of carbonyl (C=O) groups is 1. The summed E-state index contributed by atoms with van der Waals surface area (Å²) in [4.78, 5) is 27.4. The molecule has 0 unspecified atom stereocenters. The first-order valence-electron chi connectivity index (χ1n) is 8.67. The fourth-order valence-corrected chi connectivity index (χ4v) is 3.30. The summed E-state index contributed by atoms with van der Waals surface area (Å²) in [7, 11) is 6.75. The molecule has 1 aromatic heterocycles. The van der Waals surface area contributed by atoms with Crippen LogP contribution in [0.2, 0.25) is 0 Å². The van der Waals surface area contributed by atoms with Crippen molar-refractivity contribution < 1.29 is 9.53 Å². The zero-order valence-corrected chi connectivity index (χ0v) is 15.9. The fourth-order valence-electron chi connectivity index (χ4n) is 3.30. The molecule has 6 nitrogen and oxygen atoms in total. The minimum Gasteiger partial charge on any atom is -0.496 e. The molecule has 0 radical (unpaired) electrons. The van der Waals surface area contributed by atoms with Crippen molar-refractivity contribution in [1.82, 2.24) is 4.57 Å². The van der Waals surface area contributed by atoms with Crippen LogP contribution in [0, 0.1) is 0 Å². The molecule has 140 valence electrons. The summed E-state index contributed by atoms with van der Waals surface area (Å²) in [5.41, 5.74) is 2.38. The first kappa shape index (κ1) is 18.5. The van der Waals surface area contributed by atoms with Crippen LogP contribution < -0.4 is 20.5 Å². The van der Waals surface area contributed by atoms with Gasteiger partial charge >= 0.3 is 0 Å². The van der Waals surface area contributed by atoms with Crippen molar-refractivity contribution in [1.29, 1.82) is 0 Å². The van der Waals surface area contributed by atoms with Crippen LogP contribution in [0.3, 0.4) is 0 Å². The predicted octanol–water partition coefficient (Wildman–Crippen LogP) is 2.79. The summed E-state index contributed by atoms with van der Waals surface area (Å²) in [5, 5.41) is 3.89. The van der Waals surface area contributed by atoms with Crippen molar-refractivity contribution in [3.05, 3.63) is 64.4 Å². The zero-order valence-electron chi connectivity index (χ0n) is 15.9. The molecule has 0 bridgehead atoms. The van der Waals surface area contributed by atoms with Crippen molar-refractivity contribution in [2.75, 3.05) is 31.4 Å². The number of nitrogens with one attached hydrogen (secondary N) is 1. The number of carbonyl (C=O) groups excluding carboxylic acids is 1. The van der Waals surface area contributed by atoms with Crippen molar-refractivity contribution in [2.24, 2.45) is 7.05 Å². The molecule has 27 heavy (non-hydrogen) atoms. The summed E-state index contributed by atoms with van der Waals surface area (Å²) >= 11 is 0. The Kier molecular flexibility index (Phi) is 5.16. The number of para-hydroxylation sites is 1. The molecule has 1 amide bonds. The Labute approximate surface area is 158 Å². The van der Waals surface area contributed by atoms with E-state index in [0.717, 1.165) is 16.6 Å². The van der Waals surface area contributed by atoms with Crippen LogP contribution in [0.25, 0.3) is 10.9 Å². The molecule has 0 aliphatic rings. The maximum atomic E-state index is 13.0. The number of likely N-dealkylation sites (N-methyl/N-ethyl adjacent to an activating group) is 1. The average molecular weight is 365 g/mol. The van der Waals surface area contributed by atoms with Gasteiger partial charge in [-0.15, -0.1) is 0 Å². The largest absolute Gasteiger partial charge is 0.496 e. The normalized spacial score (nSPS) is 10.7. The van der Waals surface area contributed by atoms with Crippen LogP contribution in [0.1, 0.15) is 5.56 Å². The predicted molar refractivity (Wildman–Crippen MR) is 109 cm³/mol. The van der Waals surface area contributed by atoms with Crippen molar-refractivity contribution in [2.45, 2.75) is 6.42 Å². The second-order valence-electron chi connectivity index (χ2n) is 6.29. The number of methoxy groups -OCH3 is 1. The third-order valence-electron chi connectivity index (χ3n) is 4.80. The molecular formula is C21H23N3O3. The van der Waals surface area contributed by atoms with Gasteiger partial charge in [0.15, 0.2) is 0 Å². The summed E-state index contributed by atoms with van der Waals surface area (Å²) in [6.45, 7) is 0. The number of ether oxygens (including phenoxy) is 1. The highest BCUT2D eigenvalue weighted by molar-refractivity contribution is 6.01. The third-order valence-corrected chi connectivity index (χ3v) is 4.80. The summed E-state index contributed by atoms with van der Waals surface area (Å²) < 4.78 is 7.05. The molecule has 0 saturated carbocycles. The van der Waals surface area contributed by atoms with Crippen LogP contribution >= 0.6 is 0 Å². The zero-order chi connectivity index (χ0) is 19.6. The SMILES string of the molecule is CNc1c(CC(=O)N(C)c2ccccc2)c(=O)n(C)c2cccc(OC)c12. The molecule has 1 heterocycles. The van der Waals surface area contributed by atoms with Gasteiger partial charge in [-0.1, -0.05) is 24.3 Å². The second kappa shape index (κ2) is 7.53. The minimum absolute atomic E-state index is 0.0117. The Morgan fingerprint density at radius 1 is 1.15 bits per heavy atom. The first-order valence-corrected chi connectivity index (χ1v) is 8.67. The molecule has 0 atom stereocenters. The van der Waals surface area contributed by atoms with Gasteiger partial charge in [0.1, 0.15) is 5.75 Å². The average Bonchev–Trinajstić information content (AvgIpc) is 2.71. The fraction of sp³-hybridized carbons (Fsp3) is 0.238. The molecule has 0 fully saturated rings. The van der Waals surface area contributed by atoms with Gasteiger partial charge in [-0.25, -0.2) is 0 Å². The molecule has 0 spiro atoms. The molecular weight excluding hydrogens is 342 g/mol. The van der Waals surface area contributed by atoms with E-state index < -0.39 is 0 Å². The van der Waals surface area contributed by atoms with E-state index in [9.17, 15) is 9.59 Å². The summed E-state index contributed by atoms with van der Waals surface area (Å²) in [5.74, 6) is 0.488. The lowest BCUT2D eigenvalue weighted by atomic mass is 10.0. The highest BCUT2D eigenvalue weighted by Crippen LogP contribution is 2.33. The number of fused-ring (bicyclic) bond motifs is 1. The van der Waals surface area contributed by atoms with Gasteiger partial charge in [-0.3, -0.25) is 9.59 Å². The topological polar surface area (TPSA) is 63.6 Å². The molecule has 2 aromatic carbocycles. The molecule has 6 heteroatoms. The van der Waals surface area contributed by atoms with Crippen LogP contribution in [-0.4, -0.2) is 31.7 Å². The third kappa shape index (κ3) is 3.26. The monoisotopic (exact) mass is 365 g/mol. The number of aromatic nitrogens is 1. The van der Waals surface area contributed by atoms with Gasteiger partial charge in [0, 0.05) is 26.8 Å². The standard InChI is InChI=1S/C21H23N3O3/c1-22-20-15(13-18(25)23(2)14-9-6-5-7-10-14)21(26)24(3)16-11-8-12-17(27-4)19(16)20/h5-12,22H,13H2,1-4H3. The highest BCUT2D eigenvalue weighted by Gasteiger charge is 2.21. The lowest BCUT2D eigenvalue weighted by molar-refractivity contribution is -0.117. The first-order chi connectivity index (χ1) is 13.0. The van der Waals surface area contributed by atoms with Gasteiger partial charge in [-0.2, -0.15) is 0 Å². The Hall–Kier alpha value is -3.28. The summed E-state index contributed by atoms with van der Waals surface area (Å²) in [6, 6.07) is 14.9. The van der Waals surface area contributed by atoms with Crippen molar-refractivity contribution in [3.8, 4) is 5.75 Å². The van der Waals surface area contributed by atoms with Crippen LogP contribution in [-0.2, 0) is 18.3 Å². The number of rotatable bonds is 5. The maximum Gasteiger partial charge on any atom is 0.256 e. The van der Waals surface area contributed by atoms with E-state index in [2.05, 4.69) is 5.32 Å².